The van der Waals surface area contributed by atoms with Crippen LogP contribution in [0.3, 0.4) is 0 Å². The fourth-order valence-corrected chi connectivity index (χ4v) is 4.74. The maximum absolute atomic E-state index is 12.7. The third-order valence-corrected chi connectivity index (χ3v) is 6.86. The van der Waals surface area contributed by atoms with Crippen LogP contribution in [0.2, 0.25) is 5.15 Å². The lowest BCUT2D eigenvalue weighted by Crippen LogP contribution is -2.39. The molecular weight excluding hydrogens is 502 g/mol. The summed E-state index contributed by atoms with van der Waals surface area (Å²) in [4.78, 5) is 17.3. The van der Waals surface area contributed by atoms with E-state index in [1.165, 1.54) is 0 Å². The van der Waals surface area contributed by atoms with Crippen molar-refractivity contribution in [1.29, 1.82) is 0 Å². The van der Waals surface area contributed by atoms with E-state index in [4.69, 9.17) is 16.3 Å². The van der Waals surface area contributed by atoms with Gasteiger partial charge in [-0.25, -0.2) is 4.98 Å². The molecule has 1 atom stereocenters. The number of tetrazole rings is 1. The van der Waals surface area contributed by atoms with Crippen LogP contribution in [0.25, 0.3) is 22.5 Å². The highest BCUT2D eigenvalue weighted by atomic mass is 35.5. The molecule has 0 amide bonds. The molecule has 4 rings (SSSR count). The van der Waals surface area contributed by atoms with Gasteiger partial charge in [-0.05, 0) is 41.3 Å². The highest BCUT2D eigenvalue weighted by Crippen LogP contribution is 2.30. The second kappa shape index (κ2) is 12.8. The van der Waals surface area contributed by atoms with E-state index in [1.807, 2.05) is 38.1 Å². The van der Waals surface area contributed by atoms with Crippen LogP contribution in [0.1, 0.15) is 50.7 Å². The Morgan fingerprint density at radius 1 is 1.13 bits per heavy atom. The van der Waals surface area contributed by atoms with Gasteiger partial charge in [-0.2, -0.15) is 5.21 Å². The van der Waals surface area contributed by atoms with E-state index in [0.717, 1.165) is 47.3 Å². The quantitative estimate of drug-likeness (QED) is 0.244. The molecular formula is C28H34ClN7O2. The lowest BCUT2D eigenvalue weighted by molar-refractivity contribution is -0.148. The summed E-state index contributed by atoms with van der Waals surface area (Å²) in [7, 11) is 1.76. The van der Waals surface area contributed by atoms with Crippen LogP contribution in [0.5, 0.6) is 0 Å². The van der Waals surface area contributed by atoms with Gasteiger partial charge in [0.2, 0.25) is 5.82 Å². The van der Waals surface area contributed by atoms with Crippen LogP contribution >= 0.6 is 11.6 Å². The van der Waals surface area contributed by atoms with E-state index in [2.05, 4.69) is 66.7 Å². The van der Waals surface area contributed by atoms with Gasteiger partial charge in [0.1, 0.15) is 18.5 Å². The minimum Gasteiger partial charge on any atom is -0.458 e. The average molecular weight is 536 g/mol. The van der Waals surface area contributed by atoms with Crippen molar-refractivity contribution in [2.24, 2.45) is 5.92 Å². The lowest BCUT2D eigenvalue weighted by atomic mass is 9.98. The van der Waals surface area contributed by atoms with E-state index in [0.29, 0.717) is 23.2 Å². The van der Waals surface area contributed by atoms with Crippen molar-refractivity contribution in [1.82, 2.24) is 35.5 Å². The van der Waals surface area contributed by atoms with E-state index in [1.54, 1.807) is 7.05 Å². The monoisotopic (exact) mass is 535 g/mol. The van der Waals surface area contributed by atoms with Crippen molar-refractivity contribution in [2.45, 2.75) is 59.2 Å². The number of aromatic amines is 1. The third-order valence-electron chi connectivity index (χ3n) is 6.56. The van der Waals surface area contributed by atoms with Crippen LogP contribution < -0.4 is 5.32 Å². The molecule has 1 unspecified atom stereocenters. The first-order valence-corrected chi connectivity index (χ1v) is 13.3. The molecule has 2 N–H and O–H groups in total. The number of ether oxygens (including phenoxy) is 1. The van der Waals surface area contributed by atoms with E-state index in [9.17, 15) is 4.79 Å². The topological polar surface area (TPSA) is 111 Å². The second-order valence-electron chi connectivity index (χ2n) is 9.55. The predicted molar refractivity (Wildman–Crippen MR) is 147 cm³/mol. The summed E-state index contributed by atoms with van der Waals surface area (Å²) in [6, 6.07) is 15.9. The number of likely N-dealkylation sites (N-methyl/N-ethyl adjacent to an activating group) is 1. The van der Waals surface area contributed by atoms with Gasteiger partial charge in [0.25, 0.3) is 0 Å². The molecule has 2 aromatic heterocycles. The SMILES string of the molecule is CCCCc1nc(Cl)c(COC(=O)C(NC)C(C)C)n1Cc1ccc(-c2ccccc2-c2nn[nH]n2)cc1. The van der Waals surface area contributed by atoms with Gasteiger partial charge in [0.15, 0.2) is 5.15 Å². The molecule has 38 heavy (non-hydrogen) atoms. The Hall–Kier alpha value is -3.56. The number of aryl methyl sites for hydroxylation is 1. The minimum atomic E-state index is -0.382. The number of nitrogens with zero attached hydrogens (tertiary/aromatic N) is 5. The largest absolute Gasteiger partial charge is 0.458 e. The molecule has 10 heteroatoms. The number of aromatic nitrogens is 6. The Morgan fingerprint density at radius 3 is 2.50 bits per heavy atom. The molecule has 0 saturated heterocycles. The Balaban J connectivity index is 1.58. The van der Waals surface area contributed by atoms with Crippen molar-refractivity contribution in [2.75, 3.05) is 7.05 Å². The van der Waals surface area contributed by atoms with Gasteiger partial charge in [-0.1, -0.05) is 87.3 Å². The molecule has 0 fully saturated rings. The van der Waals surface area contributed by atoms with Gasteiger partial charge in [-0.3, -0.25) is 4.79 Å². The number of carbonyl (C=O) groups excluding carboxylic acids is 1. The zero-order valence-corrected chi connectivity index (χ0v) is 23.0. The number of benzene rings is 2. The normalized spacial score (nSPS) is 12.2. The van der Waals surface area contributed by atoms with E-state index < -0.39 is 0 Å². The number of rotatable bonds is 12. The molecule has 0 bridgehead atoms. The van der Waals surface area contributed by atoms with Crippen LogP contribution in [0, 0.1) is 5.92 Å². The van der Waals surface area contributed by atoms with Gasteiger partial charge < -0.3 is 14.6 Å². The second-order valence-corrected chi connectivity index (χ2v) is 9.91. The van der Waals surface area contributed by atoms with Gasteiger partial charge >= 0.3 is 5.97 Å². The Bertz CT molecular complexity index is 1330. The van der Waals surface area contributed by atoms with Crippen LogP contribution in [-0.2, 0) is 29.1 Å². The van der Waals surface area contributed by atoms with Crippen molar-refractivity contribution in [3.8, 4) is 22.5 Å². The number of unbranched alkanes of at least 4 members (excludes halogenated alkanes) is 1. The molecule has 0 spiro atoms. The molecule has 0 radical (unpaired) electrons. The van der Waals surface area contributed by atoms with Crippen molar-refractivity contribution < 1.29 is 9.53 Å². The summed E-state index contributed by atoms with van der Waals surface area (Å²) in [5, 5.41) is 17.9. The Morgan fingerprint density at radius 2 is 1.87 bits per heavy atom. The summed E-state index contributed by atoms with van der Waals surface area (Å²) in [5.74, 6) is 1.25. The number of halogens is 1. The van der Waals surface area contributed by atoms with Crippen LogP contribution in [0.4, 0.5) is 0 Å². The first-order chi connectivity index (χ1) is 18.4. The Kier molecular flexibility index (Phi) is 9.25. The summed E-state index contributed by atoms with van der Waals surface area (Å²) in [5.41, 5.74) is 4.76. The molecule has 0 saturated carbocycles. The van der Waals surface area contributed by atoms with Crippen molar-refractivity contribution in [3.05, 3.63) is 70.8 Å². The fraction of sp³-hybridized carbons (Fsp3) is 0.393. The molecule has 200 valence electrons. The molecule has 0 aliphatic rings. The first-order valence-electron chi connectivity index (χ1n) is 12.9. The first kappa shape index (κ1) is 27.5. The maximum atomic E-state index is 12.7. The van der Waals surface area contributed by atoms with E-state index in [-0.39, 0.29) is 24.5 Å². The number of carbonyl (C=O) groups is 1. The minimum absolute atomic E-state index is 0.0673. The highest BCUT2D eigenvalue weighted by molar-refractivity contribution is 6.30. The lowest BCUT2D eigenvalue weighted by Gasteiger charge is -2.19. The van der Waals surface area contributed by atoms with E-state index >= 15 is 0 Å². The molecule has 9 nitrogen and oxygen atoms in total. The number of hydrogen-bond acceptors (Lipinski definition) is 7. The molecule has 4 aromatic rings. The number of H-pyrrole nitrogens is 1. The standard InChI is InChI=1S/C28H34ClN7O2/c1-5-6-11-24-31-26(29)23(17-38-28(37)25(30-4)18(2)3)36(24)16-19-12-14-20(15-13-19)21-9-7-8-10-22(21)27-32-34-35-33-27/h7-10,12-15,18,25,30H,5-6,11,16-17H2,1-4H3,(H,32,33,34,35). The molecule has 2 aromatic carbocycles. The number of imidazole rings is 1. The van der Waals surface area contributed by atoms with Crippen LogP contribution in [0.15, 0.2) is 48.5 Å². The van der Waals surface area contributed by atoms with Crippen molar-refractivity contribution >= 4 is 17.6 Å². The number of hydrogen-bond donors (Lipinski definition) is 2. The fourth-order valence-electron chi connectivity index (χ4n) is 4.49. The number of nitrogens with one attached hydrogen (secondary N) is 2. The average Bonchev–Trinajstić information content (AvgIpc) is 3.55. The summed E-state index contributed by atoms with van der Waals surface area (Å²) in [6.07, 6.45) is 2.83. The maximum Gasteiger partial charge on any atom is 0.323 e. The highest BCUT2D eigenvalue weighted by Gasteiger charge is 2.24. The zero-order valence-electron chi connectivity index (χ0n) is 22.2. The van der Waals surface area contributed by atoms with Crippen molar-refractivity contribution in [3.63, 3.8) is 0 Å². The summed E-state index contributed by atoms with van der Waals surface area (Å²) in [6.45, 7) is 6.74. The third kappa shape index (κ3) is 6.28. The molecule has 0 aliphatic heterocycles. The van der Waals surface area contributed by atoms with Gasteiger partial charge in [0.05, 0.1) is 5.69 Å². The molecule has 2 heterocycles. The van der Waals surface area contributed by atoms with Crippen LogP contribution in [-0.4, -0.2) is 49.2 Å². The zero-order chi connectivity index (χ0) is 27.1. The summed E-state index contributed by atoms with van der Waals surface area (Å²) < 4.78 is 7.76. The Labute approximate surface area is 228 Å². The van der Waals surface area contributed by atoms with Gasteiger partial charge in [0, 0.05) is 18.5 Å². The summed E-state index contributed by atoms with van der Waals surface area (Å²) >= 11 is 6.57. The predicted octanol–water partition coefficient (Wildman–Crippen LogP) is 5.06. The number of esters is 1. The molecule has 0 aliphatic carbocycles. The van der Waals surface area contributed by atoms with Gasteiger partial charge in [-0.15, -0.1) is 10.2 Å². The smallest absolute Gasteiger partial charge is 0.323 e.